The van der Waals surface area contributed by atoms with Gasteiger partial charge in [0.25, 0.3) is 0 Å². The molecule has 1 aromatic heterocycles. The highest BCUT2D eigenvalue weighted by atomic mass is 16.5. The molecule has 1 aromatic carbocycles. The van der Waals surface area contributed by atoms with E-state index >= 15 is 0 Å². The van der Waals surface area contributed by atoms with Crippen LogP contribution in [0.25, 0.3) is 11.4 Å². The van der Waals surface area contributed by atoms with Crippen LogP contribution in [0.5, 0.6) is 5.75 Å². The second-order valence-electron chi connectivity index (χ2n) is 8.09. The zero-order chi connectivity index (χ0) is 20.1. The van der Waals surface area contributed by atoms with Gasteiger partial charge in [0.05, 0.1) is 13.7 Å². The van der Waals surface area contributed by atoms with Gasteiger partial charge in [-0.2, -0.15) is 4.98 Å². The van der Waals surface area contributed by atoms with E-state index in [2.05, 4.69) is 15.0 Å². The van der Waals surface area contributed by atoms with Gasteiger partial charge in [-0.15, -0.1) is 0 Å². The fraction of sp³-hybridized carbons (Fsp3) is 0.591. The molecule has 4 rings (SSSR count). The first-order valence-electron chi connectivity index (χ1n) is 10.7. The Morgan fingerprint density at radius 3 is 2.55 bits per heavy atom. The summed E-state index contributed by atoms with van der Waals surface area (Å²) in [7, 11) is 1.64. The Labute approximate surface area is 172 Å². The van der Waals surface area contributed by atoms with Crippen molar-refractivity contribution in [2.75, 3.05) is 33.3 Å². The van der Waals surface area contributed by atoms with Gasteiger partial charge in [0.15, 0.2) is 0 Å². The number of amides is 1. The largest absolute Gasteiger partial charge is 0.497 e. The highest BCUT2D eigenvalue weighted by molar-refractivity contribution is 5.76. The van der Waals surface area contributed by atoms with Gasteiger partial charge in [0.1, 0.15) is 5.75 Å². The Morgan fingerprint density at radius 2 is 1.86 bits per heavy atom. The van der Waals surface area contributed by atoms with Crippen molar-refractivity contribution in [2.24, 2.45) is 5.92 Å². The van der Waals surface area contributed by atoms with E-state index in [1.807, 2.05) is 29.2 Å². The molecular formula is C22H30N4O3. The smallest absolute Gasteiger partial charge is 0.241 e. The number of hydrogen-bond donors (Lipinski definition) is 0. The van der Waals surface area contributed by atoms with Crippen LogP contribution in [0.3, 0.4) is 0 Å². The van der Waals surface area contributed by atoms with Crippen LogP contribution < -0.4 is 4.74 Å². The highest BCUT2D eigenvalue weighted by Gasteiger charge is 2.24. The highest BCUT2D eigenvalue weighted by Crippen LogP contribution is 2.28. The summed E-state index contributed by atoms with van der Waals surface area (Å²) >= 11 is 0. The predicted molar refractivity (Wildman–Crippen MR) is 109 cm³/mol. The number of carbonyl (C=O) groups excluding carboxylic acids is 1. The molecule has 29 heavy (non-hydrogen) atoms. The zero-order valence-corrected chi connectivity index (χ0v) is 17.2. The van der Waals surface area contributed by atoms with Gasteiger partial charge in [-0.1, -0.05) is 30.8 Å². The average molecular weight is 399 g/mol. The van der Waals surface area contributed by atoms with Crippen molar-refractivity contribution in [1.82, 2.24) is 19.9 Å². The van der Waals surface area contributed by atoms with E-state index in [1.54, 1.807) is 7.11 Å². The first kappa shape index (κ1) is 19.9. The molecule has 7 heteroatoms. The lowest BCUT2D eigenvalue weighted by atomic mass is 10.0. The third-order valence-corrected chi connectivity index (χ3v) is 6.14. The maximum Gasteiger partial charge on any atom is 0.241 e. The van der Waals surface area contributed by atoms with Crippen LogP contribution in [0.4, 0.5) is 0 Å². The second-order valence-corrected chi connectivity index (χ2v) is 8.09. The van der Waals surface area contributed by atoms with Gasteiger partial charge >= 0.3 is 0 Å². The SMILES string of the molecule is COc1ccc(-c2noc(CN3CCN(C(=O)CCC4CCCC4)CC3)n2)cc1. The van der Waals surface area contributed by atoms with Crippen LogP contribution in [0.2, 0.25) is 0 Å². The number of piperazine rings is 1. The summed E-state index contributed by atoms with van der Waals surface area (Å²) in [6.07, 6.45) is 7.07. The fourth-order valence-electron chi connectivity index (χ4n) is 4.31. The zero-order valence-electron chi connectivity index (χ0n) is 17.2. The fourth-order valence-corrected chi connectivity index (χ4v) is 4.31. The molecule has 2 heterocycles. The van der Waals surface area contributed by atoms with Crippen LogP contribution in [-0.2, 0) is 11.3 Å². The molecule has 1 aliphatic heterocycles. The summed E-state index contributed by atoms with van der Waals surface area (Å²) in [5.41, 5.74) is 0.901. The van der Waals surface area contributed by atoms with Gasteiger partial charge in [-0.05, 0) is 36.6 Å². The summed E-state index contributed by atoms with van der Waals surface area (Å²) in [6.45, 7) is 3.87. The first-order valence-corrected chi connectivity index (χ1v) is 10.7. The number of methoxy groups -OCH3 is 1. The molecule has 0 spiro atoms. The number of hydrogen-bond acceptors (Lipinski definition) is 6. The van der Waals surface area contributed by atoms with Gasteiger partial charge < -0.3 is 14.2 Å². The number of carbonyl (C=O) groups is 1. The Kier molecular flexibility index (Phi) is 6.44. The van der Waals surface area contributed by atoms with Crippen LogP contribution in [0, 0.1) is 5.92 Å². The molecular weight excluding hydrogens is 368 g/mol. The maximum absolute atomic E-state index is 12.5. The van der Waals surface area contributed by atoms with E-state index < -0.39 is 0 Å². The molecule has 1 saturated heterocycles. The van der Waals surface area contributed by atoms with E-state index in [1.165, 1.54) is 25.7 Å². The van der Waals surface area contributed by atoms with E-state index in [0.29, 0.717) is 30.6 Å². The molecule has 1 aliphatic carbocycles. The van der Waals surface area contributed by atoms with Crippen LogP contribution in [0.15, 0.2) is 28.8 Å². The summed E-state index contributed by atoms with van der Waals surface area (Å²) in [5.74, 6) is 3.09. The summed E-state index contributed by atoms with van der Waals surface area (Å²) < 4.78 is 10.6. The third kappa shape index (κ3) is 5.15. The summed E-state index contributed by atoms with van der Waals surface area (Å²) in [6, 6.07) is 7.61. The van der Waals surface area contributed by atoms with E-state index in [-0.39, 0.29) is 0 Å². The molecule has 2 aliphatic rings. The first-order chi connectivity index (χ1) is 14.2. The standard InChI is InChI=1S/C22H30N4O3/c1-28-19-9-7-18(8-10-19)22-23-20(29-24-22)16-25-12-14-26(15-13-25)21(27)11-6-17-4-2-3-5-17/h7-10,17H,2-6,11-16H2,1H3. The molecule has 0 unspecified atom stereocenters. The molecule has 1 amide bonds. The van der Waals surface area contributed by atoms with Crippen molar-refractivity contribution in [3.8, 4) is 17.1 Å². The maximum atomic E-state index is 12.5. The van der Waals surface area contributed by atoms with E-state index in [0.717, 1.165) is 49.8 Å². The van der Waals surface area contributed by atoms with Gasteiger partial charge in [0, 0.05) is 38.2 Å². The quantitative estimate of drug-likeness (QED) is 0.712. The minimum atomic E-state index is 0.316. The Bertz CT molecular complexity index is 791. The third-order valence-electron chi connectivity index (χ3n) is 6.14. The van der Waals surface area contributed by atoms with Crippen molar-refractivity contribution in [2.45, 2.75) is 45.1 Å². The molecule has 0 atom stereocenters. The summed E-state index contributed by atoms with van der Waals surface area (Å²) in [5, 5.41) is 4.09. The van der Waals surface area contributed by atoms with Gasteiger partial charge in [-0.3, -0.25) is 9.69 Å². The lowest BCUT2D eigenvalue weighted by Gasteiger charge is -2.34. The topological polar surface area (TPSA) is 71.7 Å². The lowest BCUT2D eigenvalue weighted by Crippen LogP contribution is -2.48. The predicted octanol–water partition coefficient (Wildman–Crippen LogP) is 3.36. The van der Waals surface area contributed by atoms with E-state index in [9.17, 15) is 4.79 Å². The molecule has 156 valence electrons. The average Bonchev–Trinajstić information content (AvgIpc) is 3.45. The Balaban J connectivity index is 1.23. The molecule has 0 N–H and O–H groups in total. The van der Waals surface area contributed by atoms with Crippen molar-refractivity contribution in [1.29, 1.82) is 0 Å². The number of aromatic nitrogens is 2. The lowest BCUT2D eigenvalue weighted by molar-refractivity contribution is -0.133. The molecule has 1 saturated carbocycles. The Hall–Kier alpha value is -2.41. The van der Waals surface area contributed by atoms with Gasteiger partial charge in [0.2, 0.25) is 17.6 Å². The summed E-state index contributed by atoms with van der Waals surface area (Å²) in [4.78, 5) is 21.3. The molecule has 0 bridgehead atoms. The van der Waals surface area contributed by atoms with Crippen LogP contribution >= 0.6 is 0 Å². The monoisotopic (exact) mass is 398 g/mol. The van der Waals surface area contributed by atoms with Crippen molar-refractivity contribution >= 4 is 5.91 Å². The molecule has 0 radical (unpaired) electrons. The normalized spacial score (nSPS) is 18.3. The number of rotatable bonds is 7. The van der Waals surface area contributed by atoms with Crippen molar-refractivity contribution < 1.29 is 14.1 Å². The van der Waals surface area contributed by atoms with Crippen LogP contribution in [0.1, 0.15) is 44.4 Å². The number of nitrogens with zero attached hydrogens (tertiary/aromatic N) is 4. The van der Waals surface area contributed by atoms with E-state index in [4.69, 9.17) is 9.26 Å². The number of ether oxygens (including phenoxy) is 1. The minimum absolute atomic E-state index is 0.316. The minimum Gasteiger partial charge on any atom is -0.497 e. The Morgan fingerprint density at radius 1 is 1.14 bits per heavy atom. The van der Waals surface area contributed by atoms with Crippen molar-refractivity contribution in [3.05, 3.63) is 30.2 Å². The van der Waals surface area contributed by atoms with Gasteiger partial charge in [-0.25, -0.2) is 0 Å². The second kappa shape index (κ2) is 9.39. The molecule has 7 nitrogen and oxygen atoms in total. The molecule has 2 fully saturated rings. The van der Waals surface area contributed by atoms with Crippen LogP contribution in [-0.4, -0.2) is 59.1 Å². The molecule has 2 aromatic rings. The number of benzene rings is 1. The van der Waals surface area contributed by atoms with Crippen molar-refractivity contribution in [3.63, 3.8) is 0 Å².